The summed E-state index contributed by atoms with van der Waals surface area (Å²) in [5, 5.41) is 12.4. The fourth-order valence-electron chi connectivity index (χ4n) is 1.76. The smallest absolute Gasteiger partial charge is 0.255 e. The summed E-state index contributed by atoms with van der Waals surface area (Å²) in [6.45, 7) is 0.749. The molecule has 5 heteroatoms. The first-order valence-corrected chi connectivity index (χ1v) is 6.33. The highest BCUT2D eigenvalue weighted by atomic mass is 16.5. The van der Waals surface area contributed by atoms with Crippen LogP contribution < -0.4 is 15.8 Å². The molecule has 0 aliphatic heterocycles. The molecule has 1 aromatic rings. The van der Waals surface area contributed by atoms with Gasteiger partial charge in [-0.2, -0.15) is 5.26 Å². The van der Waals surface area contributed by atoms with Crippen molar-refractivity contribution in [3.63, 3.8) is 0 Å². The van der Waals surface area contributed by atoms with Crippen molar-refractivity contribution < 1.29 is 9.53 Å². The Morgan fingerprint density at radius 2 is 2.16 bits per heavy atom. The van der Waals surface area contributed by atoms with Crippen LogP contribution in [0.4, 0.5) is 0 Å². The maximum absolute atomic E-state index is 10.6. The van der Waals surface area contributed by atoms with E-state index in [9.17, 15) is 4.79 Å². The highest BCUT2D eigenvalue weighted by molar-refractivity contribution is 5.75. The van der Waals surface area contributed by atoms with Crippen LogP contribution in [0.5, 0.6) is 5.75 Å². The van der Waals surface area contributed by atoms with E-state index in [-0.39, 0.29) is 12.6 Å². The second-order valence-electron chi connectivity index (χ2n) is 4.74. The van der Waals surface area contributed by atoms with Gasteiger partial charge in [0.05, 0.1) is 6.07 Å². The number of hydrogen-bond donors (Lipinski definition) is 2. The van der Waals surface area contributed by atoms with Crippen LogP contribution in [0.3, 0.4) is 0 Å². The van der Waals surface area contributed by atoms with Gasteiger partial charge in [-0.15, -0.1) is 0 Å². The average Bonchev–Trinajstić information content (AvgIpc) is 3.22. The van der Waals surface area contributed by atoms with Gasteiger partial charge in [-0.25, -0.2) is 0 Å². The number of nitrogens with one attached hydrogen (secondary N) is 1. The van der Waals surface area contributed by atoms with Gasteiger partial charge >= 0.3 is 0 Å². The fourth-order valence-corrected chi connectivity index (χ4v) is 1.76. The third kappa shape index (κ3) is 4.27. The first-order valence-electron chi connectivity index (χ1n) is 6.33. The Morgan fingerprint density at radius 3 is 2.68 bits per heavy atom. The van der Waals surface area contributed by atoms with Crippen molar-refractivity contribution in [2.24, 2.45) is 11.7 Å². The van der Waals surface area contributed by atoms with E-state index in [2.05, 4.69) is 11.4 Å². The number of nitriles is 1. The van der Waals surface area contributed by atoms with Crippen LogP contribution in [-0.4, -0.2) is 19.1 Å². The van der Waals surface area contributed by atoms with Gasteiger partial charge in [0.2, 0.25) is 0 Å². The quantitative estimate of drug-likeness (QED) is 0.768. The minimum atomic E-state index is -0.509. The molecule has 0 aromatic heterocycles. The Balaban J connectivity index is 1.91. The summed E-state index contributed by atoms with van der Waals surface area (Å²) in [5.41, 5.74) is 5.89. The molecule has 0 saturated heterocycles. The number of carbonyl (C=O) groups excluding carboxylic acids is 1. The van der Waals surface area contributed by atoms with E-state index in [0.717, 1.165) is 18.0 Å². The van der Waals surface area contributed by atoms with Crippen molar-refractivity contribution in [1.29, 1.82) is 5.26 Å². The van der Waals surface area contributed by atoms with E-state index in [1.54, 1.807) is 12.1 Å². The fraction of sp³-hybridized carbons (Fsp3) is 0.429. The Labute approximate surface area is 112 Å². The third-order valence-corrected chi connectivity index (χ3v) is 3.03. The molecule has 100 valence electrons. The summed E-state index contributed by atoms with van der Waals surface area (Å²) in [4.78, 5) is 10.6. The Kier molecular flexibility index (Phi) is 4.37. The molecule has 5 nitrogen and oxygen atoms in total. The highest BCUT2D eigenvalue weighted by Gasteiger charge is 2.22. The van der Waals surface area contributed by atoms with Crippen LogP contribution in [0.1, 0.15) is 24.4 Å². The zero-order valence-corrected chi connectivity index (χ0v) is 10.6. The number of rotatable bonds is 7. The van der Waals surface area contributed by atoms with Gasteiger partial charge in [0, 0.05) is 0 Å². The first-order chi connectivity index (χ1) is 9.19. The van der Waals surface area contributed by atoms with Crippen LogP contribution in [0.25, 0.3) is 0 Å². The molecule has 0 heterocycles. The van der Waals surface area contributed by atoms with Gasteiger partial charge in [0.15, 0.2) is 6.61 Å². The monoisotopic (exact) mass is 259 g/mol. The summed E-state index contributed by atoms with van der Waals surface area (Å²) in [5.74, 6) is 0.792. The molecule has 1 atom stereocenters. The molecule has 0 radical (unpaired) electrons. The average molecular weight is 259 g/mol. The van der Waals surface area contributed by atoms with Gasteiger partial charge in [0.25, 0.3) is 5.91 Å². The van der Waals surface area contributed by atoms with Crippen molar-refractivity contribution in [2.45, 2.75) is 18.9 Å². The summed E-state index contributed by atoms with van der Waals surface area (Å²) in [7, 11) is 0. The lowest BCUT2D eigenvalue weighted by atomic mass is 10.1. The SMILES string of the molecule is N#CC(NCC1CC1)c1ccc(OCC(N)=O)cc1. The number of hydrogen-bond acceptors (Lipinski definition) is 4. The van der Waals surface area contributed by atoms with Crippen molar-refractivity contribution in [3.8, 4) is 11.8 Å². The number of ether oxygens (including phenoxy) is 1. The second-order valence-corrected chi connectivity index (χ2v) is 4.74. The number of benzene rings is 1. The van der Waals surface area contributed by atoms with Crippen LogP contribution >= 0.6 is 0 Å². The van der Waals surface area contributed by atoms with Crippen molar-refractivity contribution in [2.75, 3.05) is 13.2 Å². The minimum absolute atomic E-state index is 0.138. The van der Waals surface area contributed by atoms with Gasteiger partial charge in [-0.1, -0.05) is 12.1 Å². The zero-order chi connectivity index (χ0) is 13.7. The summed E-state index contributed by atoms with van der Waals surface area (Å²) < 4.78 is 5.17. The summed E-state index contributed by atoms with van der Waals surface area (Å²) in [6.07, 6.45) is 2.51. The van der Waals surface area contributed by atoms with Crippen LogP contribution in [0, 0.1) is 17.2 Å². The van der Waals surface area contributed by atoms with Gasteiger partial charge < -0.3 is 10.5 Å². The number of carbonyl (C=O) groups is 1. The molecule has 3 N–H and O–H groups in total. The van der Waals surface area contributed by atoms with E-state index in [1.165, 1.54) is 12.8 Å². The maximum Gasteiger partial charge on any atom is 0.255 e. The Hall–Kier alpha value is -2.06. The number of nitrogens with two attached hydrogens (primary N) is 1. The molecule has 2 rings (SSSR count). The van der Waals surface area contributed by atoms with E-state index < -0.39 is 5.91 Å². The minimum Gasteiger partial charge on any atom is -0.484 e. The van der Waals surface area contributed by atoms with Crippen molar-refractivity contribution >= 4 is 5.91 Å². The van der Waals surface area contributed by atoms with Crippen LogP contribution in [0.15, 0.2) is 24.3 Å². The van der Waals surface area contributed by atoms with Gasteiger partial charge in [-0.3, -0.25) is 10.1 Å². The lowest BCUT2D eigenvalue weighted by Crippen LogP contribution is -2.22. The zero-order valence-electron chi connectivity index (χ0n) is 10.6. The molecular formula is C14H17N3O2. The molecule has 1 aliphatic rings. The van der Waals surface area contributed by atoms with E-state index in [0.29, 0.717) is 5.75 Å². The summed E-state index contributed by atoms with van der Waals surface area (Å²) >= 11 is 0. The van der Waals surface area contributed by atoms with Crippen molar-refractivity contribution in [1.82, 2.24) is 5.32 Å². The Morgan fingerprint density at radius 1 is 1.47 bits per heavy atom. The largest absolute Gasteiger partial charge is 0.484 e. The van der Waals surface area contributed by atoms with Crippen LogP contribution in [0.2, 0.25) is 0 Å². The molecule has 0 bridgehead atoms. The number of primary amides is 1. The normalized spacial score (nSPS) is 15.5. The predicted molar refractivity (Wildman–Crippen MR) is 70.2 cm³/mol. The summed E-state index contributed by atoms with van der Waals surface area (Å²) in [6, 6.07) is 9.07. The molecule has 1 aliphatic carbocycles. The third-order valence-electron chi connectivity index (χ3n) is 3.03. The molecular weight excluding hydrogens is 242 g/mol. The first kappa shape index (κ1) is 13.4. The lowest BCUT2D eigenvalue weighted by Gasteiger charge is -2.12. The molecule has 1 fully saturated rings. The number of amides is 1. The topological polar surface area (TPSA) is 88.1 Å². The lowest BCUT2D eigenvalue weighted by molar-refractivity contribution is -0.119. The second kappa shape index (κ2) is 6.21. The number of nitrogens with zero attached hydrogens (tertiary/aromatic N) is 1. The highest BCUT2D eigenvalue weighted by Crippen LogP contribution is 2.28. The van der Waals surface area contributed by atoms with E-state index >= 15 is 0 Å². The molecule has 19 heavy (non-hydrogen) atoms. The molecule has 1 amide bonds. The molecule has 1 saturated carbocycles. The van der Waals surface area contributed by atoms with Crippen molar-refractivity contribution in [3.05, 3.63) is 29.8 Å². The maximum atomic E-state index is 10.6. The van der Waals surface area contributed by atoms with E-state index in [1.807, 2.05) is 12.1 Å². The van der Waals surface area contributed by atoms with Gasteiger partial charge in [-0.05, 0) is 43.0 Å². The van der Waals surface area contributed by atoms with Crippen LogP contribution in [-0.2, 0) is 4.79 Å². The van der Waals surface area contributed by atoms with E-state index in [4.69, 9.17) is 15.7 Å². The standard InChI is InChI=1S/C14H17N3O2/c15-7-13(17-8-10-1-2-10)11-3-5-12(6-4-11)19-9-14(16)18/h3-6,10,13,17H,1-2,8-9H2,(H2,16,18). The molecule has 0 spiro atoms. The molecule has 1 aromatic carbocycles. The van der Waals surface area contributed by atoms with Gasteiger partial charge in [0.1, 0.15) is 11.8 Å². The Bertz CT molecular complexity index is 474. The predicted octanol–water partition coefficient (Wildman–Crippen LogP) is 1.11. The molecule has 1 unspecified atom stereocenters.